The molecule has 1 aromatic carbocycles. The standard InChI is InChI=1S/C24H35N5O.HI/c1-2-25-24(26-15-7-9-19-29-18-8-6-14-23(29)30)27-20-22(28-16-10-11-17-28)21-12-4-3-5-13-21;/h3-6,8,12-14,18,22H,2,7,9-11,15-17,19-20H2,1H3,(H2,25,26,27);1H. The minimum absolute atomic E-state index is 0. The first kappa shape index (κ1) is 25.4. The summed E-state index contributed by atoms with van der Waals surface area (Å²) in [6.07, 6.45) is 6.34. The number of nitrogens with zero attached hydrogens (tertiary/aromatic N) is 3. The third kappa shape index (κ3) is 8.29. The van der Waals surface area contributed by atoms with Gasteiger partial charge in [0.2, 0.25) is 5.56 Å². The molecule has 6 nitrogen and oxygen atoms in total. The molecule has 1 atom stereocenters. The van der Waals surface area contributed by atoms with Gasteiger partial charge in [-0.05, 0) is 57.3 Å². The van der Waals surface area contributed by atoms with Crippen molar-refractivity contribution in [1.29, 1.82) is 0 Å². The topological polar surface area (TPSA) is 61.7 Å². The van der Waals surface area contributed by atoms with Crippen molar-refractivity contribution in [2.75, 3.05) is 32.7 Å². The molecule has 2 N–H and O–H groups in total. The third-order valence-corrected chi connectivity index (χ3v) is 5.55. The van der Waals surface area contributed by atoms with Crippen LogP contribution in [-0.4, -0.2) is 48.2 Å². The number of aliphatic imine (C=N–C) groups is 1. The predicted molar refractivity (Wildman–Crippen MR) is 139 cm³/mol. The number of nitrogens with one attached hydrogen (secondary N) is 2. The van der Waals surface area contributed by atoms with Gasteiger partial charge in [0.05, 0.1) is 12.6 Å². The van der Waals surface area contributed by atoms with Crippen LogP contribution in [-0.2, 0) is 6.54 Å². The number of benzene rings is 1. The van der Waals surface area contributed by atoms with Gasteiger partial charge < -0.3 is 15.2 Å². The van der Waals surface area contributed by atoms with Gasteiger partial charge in [0.25, 0.3) is 0 Å². The number of unbranched alkanes of at least 4 members (excludes halogenated alkanes) is 1. The van der Waals surface area contributed by atoms with E-state index in [-0.39, 0.29) is 29.5 Å². The number of aryl methyl sites for hydroxylation is 1. The molecular formula is C24H36IN5O. The summed E-state index contributed by atoms with van der Waals surface area (Å²) in [7, 11) is 0. The summed E-state index contributed by atoms with van der Waals surface area (Å²) >= 11 is 0. The molecule has 2 aromatic rings. The molecule has 3 rings (SSSR count). The predicted octanol–water partition coefficient (Wildman–Crippen LogP) is 3.64. The highest BCUT2D eigenvalue weighted by Gasteiger charge is 2.23. The number of halogens is 1. The Hall–Kier alpha value is -1.87. The summed E-state index contributed by atoms with van der Waals surface area (Å²) in [5.74, 6) is 0.870. The maximum Gasteiger partial charge on any atom is 0.250 e. The number of pyridine rings is 1. The van der Waals surface area contributed by atoms with Crippen LogP contribution in [0.4, 0.5) is 0 Å². The third-order valence-electron chi connectivity index (χ3n) is 5.55. The molecular weight excluding hydrogens is 501 g/mol. The molecule has 1 aliphatic rings. The molecule has 0 aliphatic carbocycles. The van der Waals surface area contributed by atoms with Gasteiger partial charge in [-0.2, -0.15) is 0 Å². The first-order valence-corrected chi connectivity index (χ1v) is 11.2. The van der Waals surface area contributed by atoms with Crippen molar-refractivity contribution in [3.05, 3.63) is 70.6 Å². The summed E-state index contributed by atoms with van der Waals surface area (Å²) in [5.41, 5.74) is 1.40. The van der Waals surface area contributed by atoms with Gasteiger partial charge in [-0.25, -0.2) is 0 Å². The van der Waals surface area contributed by atoms with Crippen LogP contribution in [0.2, 0.25) is 0 Å². The molecule has 1 fully saturated rings. The number of likely N-dealkylation sites (tertiary alicyclic amines) is 1. The van der Waals surface area contributed by atoms with Gasteiger partial charge in [0.15, 0.2) is 5.96 Å². The van der Waals surface area contributed by atoms with Gasteiger partial charge in [-0.3, -0.25) is 14.7 Å². The van der Waals surface area contributed by atoms with Crippen LogP contribution in [0.5, 0.6) is 0 Å². The Balaban J connectivity index is 0.00000341. The second kappa shape index (κ2) is 14.2. The zero-order chi connectivity index (χ0) is 21.0. The maximum absolute atomic E-state index is 11.8. The van der Waals surface area contributed by atoms with E-state index in [2.05, 4.69) is 52.8 Å². The monoisotopic (exact) mass is 537 g/mol. The van der Waals surface area contributed by atoms with E-state index >= 15 is 0 Å². The van der Waals surface area contributed by atoms with Crippen LogP contribution in [0.15, 0.2) is 64.5 Å². The summed E-state index contributed by atoms with van der Waals surface area (Å²) in [6, 6.07) is 16.3. The first-order chi connectivity index (χ1) is 14.8. The molecule has 1 aliphatic heterocycles. The highest BCUT2D eigenvalue weighted by molar-refractivity contribution is 14.0. The highest BCUT2D eigenvalue weighted by Crippen LogP contribution is 2.25. The van der Waals surface area contributed by atoms with Gasteiger partial charge in [-0.15, -0.1) is 24.0 Å². The fraction of sp³-hybridized carbons (Fsp3) is 0.500. The summed E-state index contributed by atoms with van der Waals surface area (Å²) in [5, 5.41) is 6.81. The number of guanidine groups is 1. The summed E-state index contributed by atoms with van der Waals surface area (Å²) in [6.45, 7) is 7.57. The fourth-order valence-corrected chi connectivity index (χ4v) is 3.94. The SMILES string of the molecule is CCNC(=NCC(c1ccccc1)N1CCCC1)NCCCCn1ccccc1=O.I. The molecule has 170 valence electrons. The Kier molecular flexibility index (Phi) is 11.7. The van der Waals surface area contributed by atoms with Crippen molar-refractivity contribution < 1.29 is 0 Å². The Morgan fingerprint density at radius 3 is 2.48 bits per heavy atom. The molecule has 0 saturated carbocycles. The molecule has 1 saturated heterocycles. The maximum atomic E-state index is 11.8. The average molecular weight is 537 g/mol. The normalized spacial score (nSPS) is 15.3. The van der Waals surface area contributed by atoms with Crippen molar-refractivity contribution in [1.82, 2.24) is 20.1 Å². The zero-order valence-electron chi connectivity index (χ0n) is 18.5. The van der Waals surface area contributed by atoms with Crippen molar-refractivity contribution in [3.8, 4) is 0 Å². The van der Waals surface area contributed by atoms with Crippen LogP contribution < -0.4 is 16.2 Å². The number of hydrogen-bond acceptors (Lipinski definition) is 3. The molecule has 0 spiro atoms. The van der Waals surface area contributed by atoms with Crippen molar-refractivity contribution in [3.63, 3.8) is 0 Å². The van der Waals surface area contributed by atoms with Crippen molar-refractivity contribution in [2.45, 2.75) is 45.2 Å². The number of hydrogen-bond donors (Lipinski definition) is 2. The molecule has 0 amide bonds. The Morgan fingerprint density at radius 1 is 1.03 bits per heavy atom. The lowest BCUT2D eigenvalue weighted by Crippen LogP contribution is -2.39. The van der Waals surface area contributed by atoms with E-state index in [1.165, 1.54) is 18.4 Å². The average Bonchev–Trinajstić information content (AvgIpc) is 3.30. The van der Waals surface area contributed by atoms with E-state index in [4.69, 9.17) is 4.99 Å². The Labute approximate surface area is 203 Å². The Morgan fingerprint density at radius 2 is 1.77 bits per heavy atom. The van der Waals surface area contributed by atoms with E-state index in [0.717, 1.165) is 58.1 Å². The van der Waals surface area contributed by atoms with Crippen molar-refractivity contribution >= 4 is 29.9 Å². The van der Waals surface area contributed by atoms with Crippen LogP contribution in [0.3, 0.4) is 0 Å². The fourth-order valence-electron chi connectivity index (χ4n) is 3.94. The minimum Gasteiger partial charge on any atom is -0.357 e. The van der Waals surface area contributed by atoms with E-state index in [1.807, 2.05) is 12.3 Å². The first-order valence-electron chi connectivity index (χ1n) is 11.2. The lowest BCUT2D eigenvalue weighted by molar-refractivity contribution is 0.251. The molecule has 1 aromatic heterocycles. The molecule has 31 heavy (non-hydrogen) atoms. The van der Waals surface area contributed by atoms with Gasteiger partial charge in [0, 0.05) is 31.9 Å². The molecule has 1 unspecified atom stereocenters. The number of rotatable bonds is 10. The molecule has 2 heterocycles. The van der Waals surface area contributed by atoms with Gasteiger partial charge in [0.1, 0.15) is 0 Å². The lowest BCUT2D eigenvalue weighted by atomic mass is 10.1. The summed E-state index contributed by atoms with van der Waals surface area (Å²) in [4.78, 5) is 19.2. The number of aromatic nitrogens is 1. The van der Waals surface area contributed by atoms with E-state index in [9.17, 15) is 4.79 Å². The van der Waals surface area contributed by atoms with E-state index < -0.39 is 0 Å². The van der Waals surface area contributed by atoms with Crippen LogP contribution >= 0.6 is 24.0 Å². The van der Waals surface area contributed by atoms with E-state index in [1.54, 1.807) is 16.7 Å². The van der Waals surface area contributed by atoms with Crippen LogP contribution in [0.1, 0.15) is 44.2 Å². The summed E-state index contributed by atoms with van der Waals surface area (Å²) < 4.78 is 1.76. The van der Waals surface area contributed by atoms with Crippen LogP contribution in [0, 0.1) is 0 Å². The molecule has 0 bridgehead atoms. The minimum atomic E-state index is 0. The quantitative estimate of drug-likeness (QED) is 0.210. The highest BCUT2D eigenvalue weighted by atomic mass is 127. The second-order valence-electron chi connectivity index (χ2n) is 7.76. The molecule has 0 radical (unpaired) electrons. The lowest BCUT2D eigenvalue weighted by Gasteiger charge is -2.27. The van der Waals surface area contributed by atoms with E-state index in [0.29, 0.717) is 6.04 Å². The largest absolute Gasteiger partial charge is 0.357 e. The zero-order valence-corrected chi connectivity index (χ0v) is 20.8. The molecule has 7 heteroatoms. The second-order valence-corrected chi connectivity index (χ2v) is 7.76. The van der Waals surface area contributed by atoms with Crippen molar-refractivity contribution in [2.24, 2.45) is 4.99 Å². The Bertz CT molecular complexity index is 833. The van der Waals surface area contributed by atoms with Gasteiger partial charge >= 0.3 is 0 Å². The van der Waals surface area contributed by atoms with Gasteiger partial charge in [-0.1, -0.05) is 36.4 Å². The van der Waals surface area contributed by atoms with Crippen LogP contribution in [0.25, 0.3) is 0 Å². The smallest absolute Gasteiger partial charge is 0.250 e.